The first-order valence-electron chi connectivity index (χ1n) is 18.2. The van der Waals surface area contributed by atoms with Gasteiger partial charge in [-0.05, 0) is 167 Å². The summed E-state index contributed by atoms with van der Waals surface area (Å²) in [6.45, 7) is 47.1. The van der Waals surface area contributed by atoms with Gasteiger partial charge in [0.2, 0.25) is 0 Å². The van der Waals surface area contributed by atoms with E-state index in [9.17, 15) is 4.79 Å². The molecule has 18 heteroatoms. The van der Waals surface area contributed by atoms with E-state index in [2.05, 4.69) is 124 Å². The molecule has 0 aliphatic rings. The van der Waals surface area contributed by atoms with Crippen LogP contribution < -0.4 is 0 Å². The van der Waals surface area contributed by atoms with Gasteiger partial charge in [0.15, 0.2) is 77.0 Å². The van der Waals surface area contributed by atoms with Crippen molar-refractivity contribution in [2.45, 2.75) is 173 Å². The van der Waals surface area contributed by atoms with Crippen molar-refractivity contribution in [2.75, 3.05) is 6.61 Å². The molecule has 0 fully saturated rings. The number of rotatable bonds is 26. The summed E-state index contributed by atoms with van der Waals surface area (Å²) < 4.78 is 47.6. The second-order valence-electron chi connectivity index (χ2n) is 18.5. The lowest BCUT2D eigenvalue weighted by Gasteiger charge is -2.45. The molecular weight excluding hydrogens is 781 g/mol. The Hall–Kier alpha value is 1.14. The second-order valence-corrected chi connectivity index (χ2v) is 55.7. The zero-order chi connectivity index (χ0) is 38.7. The fourth-order valence-corrected chi connectivity index (χ4v) is 45.3. The molecule has 0 rings (SSSR count). The lowest BCUT2D eigenvalue weighted by atomic mass is 10.4. The van der Waals surface area contributed by atoms with E-state index in [-0.39, 0.29) is 5.97 Å². The highest BCUT2D eigenvalue weighted by atomic mass is 28.5. The molecule has 0 saturated carbocycles. The number of hydrogen-bond donors (Lipinski definition) is 0. The van der Waals surface area contributed by atoms with E-state index < -0.39 is 85.8 Å². The van der Waals surface area contributed by atoms with Crippen LogP contribution >= 0.6 is 0 Å². The van der Waals surface area contributed by atoms with E-state index in [1.165, 1.54) is 0 Å². The number of ether oxygens (including phenoxy) is 1. The molecule has 0 heterocycles. The molecule has 0 aromatic rings. The Morgan fingerprint density at radius 2 is 0.816 bits per heavy atom. The molecule has 49 heavy (non-hydrogen) atoms. The predicted molar refractivity (Wildman–Crippen MR) is 234 cm³/mol. The van der Waals surface area contributed by atoms with Gasteiger partial charge in [0, 0.05) is 11.6 Å². The maximum absolute atomic E-state index is 12.3. The summed E-state index contributed by atoms with van der Waals surface area (Å²) in [5, 5.41) is 0. The average Bonchev–Trinajstić information content (AvgIpc) is 2.84. The predicted octanol–water partition coefficient (Wildman–Crippen LogP) is 10.5. The van der Waals surface area contributed by atoms with E-state index in [1.54, 1.807) is 6.92 Å². The van der Waals surface area contributed by atoms with E-state index in [0.717, 1.165) is 36.3 Å². The van der Waals surface area contributed by atoms with Gasteiger partial charge in [0.25, 0.3) is 0 Å². The van der Waals surface area contributed by atoms with E-state index in [0.29, 0.717) is 24.6 Å². The van der Waals surface area contributed by atoms with Crippen LogP contribution in [-0.2, 0) is 34.2 Å². The standard InChI is InChI=1S/C31H77O8Si10/c1-30(2)31(32)33-22-21-26-49(37-46(15,16)27-23-40(3)34-43(6,7)8,38-47(17,18)28-24-41(4)35-44(9,10)11)39-48(19,20)29-25-42(5)36-45(12,13)14/h1,21-29H2,2-20H3. The highest BCUT2D eigenvalue weighted by Gasteiger charge is 2.52. The number of hydrogen-bond acceptors (Lipinski definition) is 8. The Kier molecular flexibility index (Phi) is 21.2. The van der Waals surface area contributed by atoms with Crippen molar-refractivity contribution in [3.05, 3.63) is 12.2 Å². The van der Waals surface area contributed by atoms with Gasteiger partial charge in [-0.3, -0.25) is 0 Å². The third-order valence-electron chi connectivity index (χ3n) is 7.18. The first kappa shape index (κ1) is 50.1. The fraction of sp³-hybridized carbons (Fsp3) is 0.903. The summed E-state index contributed by atoms with van der Waals surface area (Å²) in [5.74, 6) is -0.353. The van der Waals surface area contributed by atoms with E-state index in [4.69, 9.17) is 29.4 Å². The Labute approximate surface area is 316 Å². The van der Waals surface area contributed by atoms with Gasteiger partial charge in [-0.15, -0.1) is 0 Å². The summed E-state index contributed by atoms with van der Waals surface area (Å²) in [7, 11) is -17.6. The maximum atomic E-state index is 12.3. The number of esters is 1. The summed E-state index contributed by atoms with van der Waals surface area (Å²) in [6, 6.07) is 6.84. The molecular formula is C31H77O8Si10. The Morgan fingerprint density at radius 1 is 0.531 bits per heavy atom. The SMILES string of the molecule is C=C(C)C(=O)OCCC[Si](O[Si](C)(C)CC[Si](C)O[Si](C)(C)C)(O[Si](C)(C)CC[Si](C)O[Si](C)(C)C)O[Si](C)(C)CC[Si](C)O[Si](C)(C)C. The zero-order valence-corrected chi connectivity index (χ0v) is 45.3. The van der Waals surface area contributed by atoms with Crippen LogP contribution in [0, 0.1) is 0 Å². The maximum Gasteiger partial charge on any atom is 0.469 e. The highest BCUT2D eigenvalue weighted by Crippen LogP contribution is 2.35. The van der Waals surface area contributed by atoms with Gasteiger partial charge in [-0.1, -0.05) is 6.58 Å². The Bertz CT molecular complexity index is 912. The molecule has 3 radical (unpaired) electrons. The number of carbonyl (C=O) groups excluding carboxylic acids is 1. The second kappa shape index (κ2) is 20.7. The Balaban J connectivity index is 6.57. The van der Waals surface area contributed by atoms with Crippen LogP contribution in [-0.4, -0.2) is 98.4 Å². The van der Waals surface area contributed by atoms with Crippen molar-refractivity contribution < 1.29 is 34.2 Å². The van der Waals surface area contributed by atoms with Gasteiger partial charge in [0.05, 0.1) is 6.61 Å². The van der Waals surface area contributed by atoms with Gasteiger partial charge >= 0.3 is 14.8 Å². The van der Waals surface area contributed by atoms with Gasteiger partial charge in [-0.2, -0.15) is 0 Å². The van der Waals surface area contributed by atoms with Crippen molar-refractivity contribution in [1.29, 1.82) is 0 Å². The molecule has 289 valence electrons. The minimum Gasteiger partial charge on any atom is -0.462 e. The van der Waals surface area contributed by atoms with Gasteiger partial charge in [0.1, 0.15) is 0 Å². The molecule has 0 bridgehead atoms. The van der Waals surface area contributed by atoms with Crippen LogP contribution in [0.4, 0.5) is 0 Å². The third kappa shape index (κ3) is 26.5. The van der Waals surface area contributed by atoms with Gasteiger partial charge < -0.3 is 29.4 Å². The molecule has 0 aromatic carbocycles. The molecule has 0 saturated heterocycles. The molecule has 0 unspecified atom stereocenters. The van der Waals surface area contributed by atoms with Crippen LogP contribution in [0.25, 0.3) is 0 Å². The summed E-state index contributed by atoms with van der Waals surface area (Å²) in [4.78, 5) is 12.3. The quantitative estimate of drug-likeness (QED) is 0.0368. The molecule has 0 aliphatic heterocycles. The lowest BCUT2D eigenvalue weighted by molar-refractivity contribution is -0.139. The summed E-state index contributed by atoms with van der Waals surface area (Å²) >= 11 is 0. The van der Waals surface area contributed by atoms with Crippen molar-refractivity contribution >= 4 is 91.8 Å². The van der Waals surface area contributed by atoms with Crippen molar-refractivity contribution in [3.8, 4) is 0 Å². The minimum absolute atomic E-state index is 0.299. The zero-order valence-electron chi connectivity index (χ0n) is 35.3. The van der Waals surface area contributed by atoms with Gasteiger partial charge in [-0.25, -0.2) is 4.79 Å². The highest BCUT2D eigenvalue weighted by molar-refractivity contribution is 6.91. The monoisotopic (exact) mass is 857 g/mol. The first-order valence-corrected chi connectivity index (χ1v) is 46.1. The molecule has 0 atom stereocenters. The van der Waals surface area contributed by atoms with Crippen LogP contribution in [0.2, 0.25) is 160 Å². The van der Waals surface area contributed by atoms with Crippen molar-refractivity contribution in [3.63, 3.8) is 0 Å². The first-order chi connectivity index (χ1) is 21.8. The van der Waals surface area contributed by atoms with Crippen molar-refractivity contribution in [1.82, 2.24) is 0 Å². The molecule has 8 nitrogen and oxygen atoms in total. The molecule has 0 N–H and O–H groups in total. The topological polar surface area (TPSA) is 81.7 Å². The van der Waals surface area contributed by atoms with Crippen LogP contribution in [0.15, 0.2) is 12.2 Å². The average molecular weight is 859 g/mol. The molecule has 0 amide bonds. The third-order valence-corrected chi connectivity index (χ3v) is 38.8. The largest absolute Gasteiger partial charge is 0.469 e. The smallest absolute Gasteiger partial charge is 0.462 e. The van der Waals surface area contributed by atoms with Crippen LogP contribution in [0.1, 0.15) is 13.3 Å². The Morgan fingerprint density at radius 3 is 1.06 bits per heavy atom. The minimum atomic E-state index is -3.25. The van der Waals surface area contributed by atoms with Crippen LogP contribution in [0.3, 0.4) is 0 Å². The molecule has 0 spiro atoms. The number of carbonyl (C=O) groups is 1. The molecule has 0 aliphatic carbocycles. The normalized spacial score (nSPS) is 14.3. The lowest BCUT2D eigenvalue weighted by Crippen LogP contribution is -2.62. The molecule has 0 aromatic heterocycles. The van der Waals surface area contributed by atoms with Crippen LogP contribution in [0.5, 0.6) is 0 Å². The van der Waals surface area contributed by atoms with Crippen molar-refractivity contribution in [2.24, 2.45) is 0 Å². The summed E-state index contributed by atoms with van der Waals surface area (Å²) in [5.41, 5.74) is 0.413. The summed E-state index contributed by atoms with van der Waals surface area (Å²) in [6.07, 6.45) is 0.634. The fourth-order valence-electron chi connectivity index (χ4n) is 5.36. The van der Waals surface area contributed by atoms with E-state index in [1.807, 2.05) is 0 Å². The van der Waals surface area contributed by atoms with E-state index >= 15 is 0 Å².